The van der Waals surface area contributed by atoms with Crippen LogP contribution in [0.4, 0.5) is 13.2 Å². The normalized spacial score (nSPS) is 21.9. The first kappa shape index (κ1) is 11.6. The van der Waals surface area contributed by atoms with Gasteiger partial charge in [0.05, 0.1) is 0 Å². The number of rotatable bonds is 3. The first-order valence-electron chi connectivity index (χ1n) is 4.97. The molecule has 0 saturated carbocycles. The molecule has 1 aliphatic heterocycles. The maximum atomic E-state index is 12.6. The molecule has 4 heteroatoms. The van der Waals surface area contributed by atoms with E-state index in [0.717, 1.165) is 19.3 Å². The van der Waals surface area contributed by atoms with Crippen molar-refractivity contribution >= 4 is 0 Å². The zero-order chi connectivity index (χ0) is 10.6. The summed E-state index contributed by atoms with van der Waals surface area (Å²) in [6.45, 7) is 4.52. The van der Waals surface area contributed by atoms with E-state index in [2.05, 4.69) is 6.58 Å². The summed E-state index contributed by atoms with van der Waals surface area (Å²) in [5.41, 5.74) is 0. The Morgan fingerprint density at radius 1 is 1.21 bits per heavy atom. The molecule has 1 aliphatic rings. The van der Waals surface area contributed by atoms with E-state index in [-0.39, 0.29) is 6.42 Å². The van der Waals surface area contributed by atoms with E-state index in [9.17, 15) is 13.2 Å². The average Bonchev–Trinajstić information content (AvgIpc) is 2.14. The third-order valence-corrected chi connectivity index (χ3v) is 2.60. The Bertz CT molecular complexity index is 182. The van der Waals surface area contributed by atoms with E-state index in [0.29, 0.717) is 13.1 Å². The summed E-state index contributed by atoms with van der Waals surface area (Å²) in [6.07, 6.45) is 0.0460. The van der Waals surface area contributed by atoms with Crippen molar-refractivity contribution in [2.45, 2.75) is 37.9 Å². The van der Waals surface area contributed by atoms with E-state index in [4.69, 9.17) is 0 Å². The molecule has 0 aromatic rings. The summed E-state index contributed by atoms with van der Waals surface area (Å²) < 4.78 is 37.8. The third-order valence-electron chi connectivity index (χ3n) is 2.60. The maximum Gasteiger partial charge on any atom is 0.404 e. The third kappa shape index (κ3) is 3.01. The highest BCUT2D eigenvalue weighted by Crippen LogP contribution is 2.29. The van der Waals surface area contributed by atoms with Crippen molar-refractivity contribution < 1.29 is 13.2 Å². The van der Waals surface area contributed by atoms with Gasteiger partial charge in [0.15, 0.2) is 0 Å². The Morgan fingerprint density at radius 2 is 1.79 bits per heavy atom. The molecule has 1 fully saturated rings. The molecular formula is C10H16F3N. The highest BCUT2D eigenvalue weighted by atomic mass is 19.4. The quantitative estimate of drug-likeness (QED) is 0.643. The molecule has 14 heavy (non-hydrogen) atoms. The number of nitrogens with zero attached hydrogens (tertiary/aromatic N) is 1. The molecule has 0 aromatic carbocycles. The molecule has 0 radical (unpaired) electrons. The summed E-state index contributed by atoms with van der Waals surface area (Å²) in [7, 11) is 0. The first-order chi connectivity index (χ1) is 6.55. The van der Waals surface area contributed by atoms with Gasteiger partial charge in [-0.15, -0.1) is 6.58 Å². The molecular weight excluding hydrogens is 191 g/mol. The summed E-state index contributed by atoms with van der Waals surface area (Å²) >= 11 is 0. The fourth-order valence-corrected chi connectivity index (χ4v) is 1.88. The van der Waals surface area contributed by atoms with Gasteiger partial charge in [-0.2, -0.15) is 13.2 Å². The fraction of sp³-hybridized carbons (Fsp3) is 0.800. The summed E-state index contributed by atoms with van der Waals surface area (Å²) in [5, 5.41) is 0. The predicted octanol–water partition coefficient (Wildman–Crippen LogP) is 2.98. The maximum absolute atomic E-state index is 12.6. The molecule has 0 N–H and O–H groups in total. The van der Waals surface area contributed by atoms with Crippen LogP contribution in [0.3, 0.4) is 0 Å². The Hall–Kier alpha value is -0.510. The molecule has 82 valence electrons. The Kier molecular flexibility index (Phi) is 3.98. The van der Waals surface area contributed by atoms with Crippen LogP contribution in [0.25, 0.3) is 0 Å². The van der Waals surface area contributed by atoms with Crippen LogP contribution in [0.2, 0.25) is 0 Å². The number of halogens is 3. The van der Waals surface area contributed by atoms with Crippen molar-refractivity contribution in [2.24, 2.45) is 0 Å². The average molecular weight is 207 g/mol. The smallest absolute Gasteiger partial charge is 0.292 e. The highest BCUT2D eigenvalue weighted by Gasteiger charge is 2.42. The van der Waals surface area contributed by atoms with Crippen molar-refractivity contribution in [2.75, 3.05) is 13.1 Å². The molecule has 1 heterocycles. The van der Waals surface area contributed by atoms with Gasteiger partial charge in [0.25, 0.3) is 0 Å². The molecule has 1 nitrogen and oxygen atoms in total. The summed E-state index contributed by atoms with van der Waals surface area (Å²) in [5.74, 6) is 0. The van der Waals surface area contributed by atoms with Crippen molar-refractivity contribution in [1.29, 1.82) is 0 Å². The largest absolute Gasteiger partial charge is 0.404 e. The van der Waals surface area contributed by atoms with Crippen LogP contribution in [0.5, 0.6) is 0 Å². The van der Waals surface area contributed by atoms with Gasteiger partial charge in [0.2, 0.25) is 0 Å². The van der Waals surface area contributed by atoms with Gasteiger partial charge in [0, 0.05) is 0 Å². The molecule has 0 aliphatic carbocycles. The van der Waals surface area contributed by atoms with Crippen LogP contribution in [-0.2, 0) is 0 Å². The van der Waals surface area contributed by atoms with Crippen molar-refractivity contribution in [3.63, 3.8) is 0 Å². The van der Waals surface area contributed by atoms with Gasteiger partial charge >= 0.3 is 6.18 Å². The second-order valence-corrected chi connectivity index (χ2v) is 3.68. The van der Waals surface area contributed by atoms with E-state index in [1.807, 2.05) is 0 Å². The number of piperidine rings is 1. The van der Waals surface area contributed by atoms with Crippen LogP contribution < -0.4 is 0 Å². The van der Waals surface area contributed by atoms with Gasteiger partial charge in [-0.05, 0) is 32.4 Å². The SMILES string of the molecule is C=CCC(N1CCCCC1)C(F)(F)F. The predicted molar refractivity (Wildman–Crippen MR) is 50.1 cm³/mol. The first-order valence-corrected chi connectivity index (χ1v) is 4.97. The van der Waals surface area contributed by atoms with Gasteiger partial charge in [-0.3, -0.25) is 4.90 Å². The number of hydrogen-bond acceptors (Lipinski definition) is 1. The lowest BCUT2D eigenvalue weighted by Gasteiger charge is -2.35. The van der Waals surface area contributed by atoms with Gasteiger partial charge in [-0.25, -0.2) is 0 Å². The minimum absolute atomic E-state index is 0.00347. The van der Waals surface area contributed by atoms with Crippen molar-refractivity contribution in [1.82, 2.24) is 4.90 Å². The second-order valence-electron chi connectivity index (χ2n) is 3.68. The molecule has 0 spiro atoms. The van der Waals surface area contributed by atoms with Crippen LogP contribution in [-0.4, -0.2) is 30.2 Å². The summed E-state index contributed by atoms with van der Waals surface area (Å²) in [6, 6.07) is -1.32. The molecule has 0 aromatic heterocycles. The number of hydrogen-bond donors (Lipinski definition) is 0. The highest BCUT2D eigenvalue weighted by molar-refractivity contribution is 4.86. The fourth-order valence-electron chi connectivity index (χ4n) is 1.88. The Balaban J connectivity index is 2.60. The Labute approximate surface area is 82.6 Å². The summed E-state index contributed by atoms with van der Waals surface area (Å²) in [4.78, 5) is 1.53. The van der Waals surface area contributed by atoms with Gasteiger partial charge in [0.1, 0.15) is 6.04 Å². The minimum atomic E-state index is -4.12. The molecule has 0 amide bonds. The van der Waals surface area contributed by atoms with Gasteiger partial charge in [-0.1, -0.05) is 12.5 Å². The number of alkyl halides is 3. The van der Waals surface area contributed by atoms with E-state index in [1.54, 1.807) is 0 Å². The zero-order valence-corrected chi connectivity index (χ0v) is 8.19. The van der Waals surface area contributed by atoms with Gasteiger partial charge < -0.3 is 0 Å². The van der Waals surface area contributed by atoms with Crippen LogP contribution in [0.1, 0.15) is 25.7 Å². The molecule has 0 bridgehead atoms. The van der Waals surface area contributed by atoms with Crippen LogP contribution in [0, 0.1) is 0 Å². The molecule has 1 unspecified atom stereocenters. The number of likely N-dealkylation sites (tertiary alicyclic amines) is 1. The molecule has 1 atom stereocenters. The van der Waals surface area contributed by atoms with Crippen LogP contribution in [0.15, 0.2) is 12.7 Å². The lowest BCUT2D eigenvalue weighted by molar-refractivity contribution is -0.185. The topological polar surface area (TPSA) is 3.24 Å². The van der Waals surface area contributed by atoms with Crippen molar-refractivity contribution in [3.8, 4) is 0 Å². The molecule has 1 rings (SSSR count). The lowest BCUT2D eigenvalue weighted by atomic mass is 10.1. The molecule has 1 saturated heterocycles. The standard InChI is InChI=1S/C10H16F3N/c1-2-6-9(10(11,12)13)14-7-4-3-5-8-14/h2,9H,1,3-8H2. The van der Waals surface area contributed by atoms with E-state index < -0.39 is 12.2 Å². The lowest BCUT2D eigenvalue weighted by Crippen LogP contribution is -2.47. The minimum Gasteiger partial charge on any atom is -0.292 e. The zero-order valence-electron chi connectivity index (χ0n) is 8.19. The monoisotopic (exact) mass is 207 g/mol. The van der Waals surface area contributed by atoms with E-state index in [1.165, 1.54) is 11.0 Å². The van der Waals surface area contributed by atoms with E-state index >= 15 is 0 Å². The van der Waals surface area contributed by atoms with Crippen LogP contribution >= 0.6 is 0 Å². The van der Waals surface area contributed by atoms with Crippen molar-refractivity contribution in [3.05, 3.63) is 12.7 Å². The Morgan fingerprint density at radius 3 is 2.21 bits per heavy atom. The second kappa shape index (κ2) is 4.82.